The highest BCUT2D eigenvalue weighted by atomic mass is 35.5. The van der Waals surface area contributed by atoms with Crippen molar-refractivity contribution in [1.82, 2.24) is 10.3 Å². The molecule has 9 nitrogen and oxygen atoms in total. The zero-order valence-electron chi connectivity index (χ0n) is 24.0. The summed E-state index contributed by atoms with van der Waals surface area (Å²) in [5.41, 5.74) is 1.02. The number of ether oxygens (including phenoxy) is 2. The van der Waals surface area contributed by atoms with Gasteiger partial charge in [0.05, 0.1) is 19.9 Å². The van der Waals surface area contributed by atoms with Crippen LogP contribution in [0.2, 0.25) is 5.02 Å². The van der Waals surface area contributed by atoms with Gasteiger partial charge >= 0.3 is 0 Å². The van der Waals surface area contributed by atoms with E-state index in [-0.39, 0.29) is 43.0 Å². The van der Waals surface area contributed by atoms with Crippen LogP contribution in [0.4, 0.5) is 11.5 Å². The Morgan fingerprint density at radius 3 is 2.40 bits per heavy atom. The lowest BCUT2D eigenvalue weighted by molar-refractivity contribution is -0.127. The smallest absolute Gasteiger partial charge is 0.248 e. The molecule has 42 heavy (non-hydrogen) atoms. The first-order chi connectivity index (χ1) is 20.4. The maximum absolute atomic E-state index is 14.1. The van der Waals surface area contributed by atoms with Crippen LogP contribution in [0.15, 0.2) is 66.9 Å². The molecule has 3 aromatic rings. The second-order valence-corrected chi connectivity index (χ2v) is 10.7. The molecule has 0 aliphatic heterocycles. The van der Waals surface area contributed by atoms with Gasteiger partial charge in [-0.15, -0.1) is 0 Å². The van der Waals surface area contributed by atoms with Crippen molar-refractivity contribution < 1.29 is 23.9 Å². The summed E-state index contributed by atoms with van der Waals surface area (Å²) < 4.78 is 11.0. The maximum atomic E-state index is 14.1. The number of halogens is 1. The number of hydrogen-bond donors (Lipinski definition) is 2. The van der Waals surface area contributed by atoms with Crippen molar-refractivity contribution in [2.45, 2.75) is 63.5 Å². The van der Waals surface area contributed by atoms with Crippen molar-refractivity contribution >= 4 is 40.8 Å². The van der Waals surface area contributed by atoms with Gasteiger partial charge in [-0.2, -0.15) is 0 Å². The first-order valence-corrected chi connectivity index (χ1v) is 14.6. The first kappa shape index (κ1) is 30.8. The Balaban J connectivity index is 1.65. The lowest BCUT2D eigenvalue weighted by Gasteiger charge is -2.34. The van der Waals surface area contributed by atoms with E-state index in [1.807, 2.05) is 0 Å². The Kier molecular flexibility index (Phi) is 11.2. The van der Waals surface area contributed by atoms with Crippen LogP contribution in [0, 0.1) is 0 Å². The fraction of sp³-hybridized carbons (Fsp3) is 0.375. The summed E-state index contributed by atoms with van der Waals surface area (Å²) in [6, 6.07) is 16.3. The number of methoxy groups -OCH3 is 2. The predicted octanol–water partition coefficient (Wildman–Crippen LogP) is 6.08. The minimum Gasteiger partial charge on any atom is -0.497 e. The van der Waals surface area contributed by atoms with Crippen LogP contribution >= 0.6 is 11.6 Å². The maximum Gasteiger partial charge on any atom is 0.248 e. The van der Waals surface area contributed by atoms with Gasteiger partial charge in [-0.3, -0.25) is 19.3 Å². The highest BCUT2D eigenvalue weighted by Crippen LogP contribution is 2.38. The second kappa shape index (κ2) is 15.2. The van der Waals surface area contributed by atoms with Crippen molar-refractivity contribution in [3.8, 4) is 11.5 Å². The standard InChI is InChI=1S/C32H37ClN4O5/c1-41-25-18-19-26(27(21-25)42-2)37(30(39)13-8-12-29(38)36-28-11-6-7-20-34-28)31(22-14-16-23(33)17-15-22)32(40)35-24-9-4-3-5-10-24/h6-7,11,14-21,24,31H,3-5,8-10,12-13H2,1-2H3,(H,35,40)(H,34,36,38)/t31-/m1/s1. The quantitative estimate of drug-likeness (QED) is 0.264. The zero-order chi connectivity index (χ0) is 29.9. The van der Waals surface area contributed by atoms with Crippen LogP contribution in [-0.2, 0) is 14.4 Å². The molecule has 0 spiro atoms. The number of rotatable bonds is 12. The Bertz CT molecular complexity index is 1350. The molecule has 2 N–H and O–H groups in total. The number of anilines is 2. The normalized spacial score (nSPS) is 14.0. The fourth-order valence-corrected chi connectivity index (χ4v) is 5.28. The van der Waals surface area contributed by atoms with Crippen molar-refractivity contribution in [1.29, 1.82) is 0 Å². The summed E-state index contributed by atoms with van der Waals surface area (Å²) >= 11 is 6.19. The summed E-state index contributed by atoms with van der Waals surface area (Å²) in [4.78, 5) is 46.2. The molecule has 1 atom stereocenters. The summed E-state index contributed by atoms with van der Waals surface area (Å²) in [5, 5.41) is 6.45. The molecular weight excluding hydrogens is 556 g/mol. The molecule has 1 heterocycles. The summed E-state index contributed by atoms with van der Waals surface area (Å²) in [6.07, 6.45) is 7.02. The van der Waals surface area contributed by atoms with E-state index in [0.29, 0.717) is 33.6 Å². The highest BCUT2D eigenvalue weighted by Gasteiger charge is 2.35. The van der Waals surface area contributed by atoms with Gasteiger partial charge in [0.25, 0.3) is 0 Å². The van der Waals surface area contributed by atoms with E-state index in [1.165, 1.54) is 12.0 Å². The lowest BCUT2D eigenvalue weighted by atomic mass is 9.94. The molecule has 222 valence electrons. The van der Waals surface area contributed by atoms with Crippen molar-refractivity contribution in [2.75, 3.05) is 24.4 Å². The molecule has 10 heteroatoms. The molecule has 1 saturated carbocycles. The van der Waals surface area contributed by atoms with E-state index >= 15 is 0 Å². The van der Waals surface area contributed by atoms with Crippen LogP contribution in [0.25, 0.3) is 0 Å². The molecule has 4 rings (SSSR count). The molecule has 1 aliphatic rings. The number of aromatic nitrogens is 1. The number of benzene rings is 2. The highest BCUT2D eigenvalue weighted by molar-refractivity contribution is 6.30. The Morgan fingerprint density at radius 2 is 1.74 bits per heavy atom. The van der Waals surface area contributed by atoms with Gasteiger partial charge in [0.2, 0.25) is 17.7 Å². The fourth-order valence-electron chi connectivity index (χ4n) is 5.15. The van der Waals surface area contributed by atoms with E-state index < -0.39 is 6.04 Å². The van der Waals surface area contributed by atoms with Crippen LogP contribution in [-0.4, -0.2) is 43.0 Å². The molecule has 0 bridgehead atoms. The molecule has 0 unspecified atom stereocenters. The van der Waals surface area contributed by atoms with Crippen LogP contribution < -0.4 is 25.0 Å². The number of pyridine rings is 1. The van der Waals surface area contributed by atoms with Gasteiger partial charge < -0.3 is 20.1 Å². The Morgan fingerprint density at radius 1 is 0.976 bits per heavy atom. The number of carbonyl (C=O) groups excluding carboxylic acids is 3. The van der Waals surface area contributed by atoms with Crippen LogP contribution in [0.5, 0.6) is 11.5 Å². The van der Waals surface area contributed by atoms with E-state index in [9.17, 15) is 14.4 Å². The van der Waals surface area contributed by atoms with Gasteiger partial charge in [0, 0.05) is 36.2 Å². The summed E-state index contributed by atoms with van der Waals surface area (Å²) in [5.74, 6) is 0.495. The van der Waals surface area contributed by atoms with E-state index in [1.54, 1.807) is 74.0 Å². The predicted molar refractivity (Wildman–Crippen MR) is 163 cm³/mol. The van der Waals surface area contributed by atoms with E-state index in [4.69, 9.17) is 21.1 Å². The summed E-state index contributed by atoms with van der Waals surface area (Å²) in [6.45, 7) is 0. The summed E-state index contributed by atoms with van der Waals surface area (Å²) in [7, 11) is 3.05. The van der Waals surface area contributed by atoms with Crippen LogP contribution in [0.3, 0.4) is 0 Å². The van der Waals surface area contributed by atoms with Crippen molar-refractivity contribution in [2.24, 2.45) is 0 Å². The van der Waals surface area contributed by atoms with Gasteiger partial charge in [0.15, 0.2) is 0 Å². The van der Waals surface area contributed by atoms with E-state index in [2.05, 4.69) is 15.6 Å². The number of hydrogen-bond acceptors (Lipinski definition) is 6. The molecule has 0 radical (unpaired) electrons. The molecule has 3 amide bonds. The minimum atomic E-state index is -0.999. The molecule has 1 fully saturated rings. The minimum absolute atomic E-state index is 0.0195. The molecule has 0 saturated heterocycles. The van der Waals surface area contributed by atoms with E-state index in [0.717, 1.165) is 32.1 Å². The van der Waals surface area contributed by atoms with Crippen LogP contribution in [0.1, 0.15) is 63.0 Å². The second-order valence-electron chi connectivity index (χ2n) is 10.2. The monoisotopic (exact) mass is 592 g/mol. The van der Waals surface area contributed by atoms with Gasteiger partial charge in [0.1, 0.15) is 23.4 Å². The zero-order valence-corrected chi connectivity index (χ0v) is 24.7. The number of amides is 3. The van der Waals surface area contributed by atoms with Gasteiger partial charge in [-0.1, -0.05) is 49.1 Å². The average Bonchev–Trinajstić information content (AvgIpc) is 3.01. The third-order valence-electron chi connectivity index (χ3n) is 7.29. The molecule has 2 aromatic carbocycles. The third-order valence-corrected chi connectivity index (χ3v) is 7.54. The lowest BCUT2D eigenvalue weighted by Crippen LogP contribution is -2.47. The Hall–Kier alpha value is -4.11. The molecule has 1 aliphatic carbocycles. The first-order valence-electron chi connectivity index (χ1n) is 14.2. The number of nitrogens with zero attached hydrogens (tertiary/aromatic N) is 2. The average molecular weight is 593 g/mol. The molecule has 1 aromatic heterocycles. The Labute approximate surface area is 251 Å². The largest absolute Gasteiger partial charge is 0.497 e. The number of nitrogens with one attached hydrogen (secondary N) is 2. The molecular formula is C32H37ClN4O5. The van der Waals surface area contributed by atoms with Crippen molar-refractivity contribution in [3.05, 3.63) is 77.4 Å². The third kappa shape index (κ3) is 8.22. The van der Waals surface area contributed by atoms with Crippen molar-refractivity contribution in [3.63, 3.8) is 0 Å². The van der Waals surface area contributed by atoms with Gasteiger partial charge in [-0.05, 0) is 61.2 Å². The topological polar surface area (TPSA) is 110 Å². The van der Waals surface area contributed by atoms with Gasteiger partial charge in [-0.25, -0.2) is 4.98 Å². The number of carbonyl (C=O) groups is 3. The SMILES string of the molecule is COc1ccc(N(C(=O)CCCC(=O)Nc2ccccn2)[C@@H](C(=O)NC2CCCCC2)c2ccc(Cl)cc2)c(OC)c1.